The van der Waals surface area contributed by atoms with Crippen molar-refractivity contribution >= 4 is 15.6 Å². The first kappa shape index (κ1) is 12.8. The van der Waals surface area contributed by atoms with Gasteiger partial charge in [0.15, 0.2) is 9.84 Å². The van der Waals surface area contributed by atoms with Gasteiger partial charge in [-0.3, -0.25) is 4.79 Å². The predicted molar refractivity (Wildman–Crippen MR) is 53.7 cm³/mol. The number of hydrogen-bond acceptors (Lipinski definition) is 3. The fourth-order valence-electron chi connectivity index (χ4n) is 1.10. The maximum atomic E-state index is 13.2. The molecule has 0 spiro atoms. The van der Waals surface area contributed by atoms with Crippen LogP contribution in [0.5, 0.6) is 0 Å². The third kappa shape index (κ3) is 2.27. The number of Topliss-reactive ketones (excluding diaryl/α,β-unsaturated/α-hetero) is 1. The van der Waals surface area contributed by atoms with Crippen molar-refractivity contribution in [3.8, 4) is 0 Å². The first-order chi connectivity index (χ1) is 7.26. The number of rotatable bonds is 3. The molecule has 0 aromatic heterocycles. The smallest absolute Gasteiger partial charge is 0.191 e. The van der Waals surface area contributed by atoms with Crippen molar-refractivity contribution in [2.24, 2.45) is 0 Å². The zero-order chi connectivity index (χ0) is 12.5. The average molecular weight is 248 g/mol. The molecule has 3 nitrogen and oxygen atoms in total. The third-order valence-electron chi connectivity index (χ3n) is 2.24. The standard InChI is InChI=1S/C10H10F2O3S/c1-6(13)7(2)16(14,15)10-5-8(11)3-4-9(10)12/h3-5,7H,1-2H3. The van der Waals surface area contributed by atoms with Crippen molar-refractivity contribution in [1.29, 1.82) is 0 Å². The van der Waals surface area contributed by atoms with E-state index < -0.39 is 37.4 Å². The molecule has 1 unspecified atom stereocenters. The zero-order valence-electron chi connectivity index (χ0n) is 8.70. The fourth-order valence-corrected chi connectivity index (χ4v) is 2.54. The van der Waals surface area contributed by atoms with E-state index in [-0.39, 0.29) is 0 Å². The van der Waals surface area contributed by atoms with Gasteiger partial charge in [0.05, 0.1) is 0 Å². The molecule has 0 bridgehead atoms. The Kier molecular flexibility index (Phi) is 3.42. The Bertz CT molecular complexity index is 523. The second kappa shape index (κ2) is 4.29. The van der Waals surface area contributed by atoms with Gasteiger partial charge < -0.3 is 0 Å². The molecular weight excluding hydrogens is 238 g/mol. The highest BCUT2D eigenvalue weighted by Crippen LogP contribution is 2.21. The number of halogens is 2. The summed E-state index contributed by atoms with van der Waals surface area (Å²) in [6, 6.07) is 2.10. The monoisotopic (exact) mass is 248 g/mol. The second-order valence-corrected chi connectivity index (χ2v) is 5.61. The maximum absolute atomic E-state index is 13.2. The van der Waals surface area contributed by atoms with Crippen molar-refractivity contribution in [3.05, 3.63) is 29.8 Å². The summed E-state index contributed by atoms with van der Waals surface area (Å²) in [5, 5.41) is -1.39. The number of sulfone groups is 1. The summed E-state index contributed by atoms with van der Waals surface area (Å²) in [6.07, 6.45) is 0. The molecule has 16 heavy (non-hydrogen) atoms. The van der Waals surface area contributed by atoms with Crippen LogP contribution in [-0.2, 0) is 14.6 Å². The lowest BCUT2D eigenvalue weighted by atomic mass is 10.3. The lowest BCUT2D eigenvalue weighted by Gasteiger charge is -2.10. The summed E-state index contributed by atoms with van der Waals surface area (Å²) in [6.45, 7) is 2.22. The Labute approximate surface area is 92.0 Å². The van der Waals surface area contributed by atoms with Gasteiger partial charge in [-0.25, -0.2) is 17.2 Å². The van der Waals surface area contributed by atoms with Crippen LogP contribution in [0.25, 0.3) is 0 Å². The summed E-state index contributed by atoms with van der Waals surface area (Å²) in [7, 11) is -4.16. The number of ketones is 1. The van der Waals surface area contributed by atoms with E-state index in [9.17, 15) is 22.0 Å². The van der Waals surface area contributed by atoms with Gasteiger partial charge in [0.1, 0.15) is 27.6 Å². The van der Waals surface area contributed by atoms with Crippen LogP contribution in [0, 0.1) is 11.6 Å². The second-order valence-electron chi connectivity index (χ2n) is 3.37. The summed E-state index contributed by atoms with van der Waals surface area (Å²) in [5.74, 6) is -2.55. The highest BCUT2D eigenvalue weighted by Gasteiger charge is 2.29. The van der Waals surface area contributed by atoms with Crippen molar-refractivity contribution in [1.82, 2.24) is 0 Å². The van der Waals surface area contributed by atoms with Crippen LogP contribution < -0.4 is 0 Å². The van der Waals surface area contributed by atoms with Gasteiger partial charge in [-0.1, -0.05) is 0 Å². The molecule has 1 atom stereocenters. The van der Waals surface area contributed by atoms with E-state index >= 15 is 0 Å². The molecule has 1 aromatic rings. The predicted octanol–water partition coefficient (Wildman–Crippen LogP) is 1.72. The molecule has 88 valence electrons. The molecule has 0 amide bonds. The Balaban J connectivity index is 3.38. The first-order valence-corrected chi connectivity index (χ1v) is 6.01. The van der Waals surface area contributed by atoms with E-state index in [1.165, 1.54) is 0 Å². The molecule has 0 aliphatic rings. The molecule has 0 fully saturated rings. The van der Waals surface area contributed by atoms with Gasteiger partial charge >= 0.3 is 0 Å². The van der Waals surface area contributed by atoms with Gasteiger partial charge in [0.2, 0.25) is 0 Å². The van der Waals surface area contributed by atoms with Gasteiger partial charge in [-0.05, 0) is 32.0 Å². The van der Waals surface area contributed by atoms with Crippen molar-refractivity contribution < 1.29 is 22.0 Å². The third-order valence-corrected chi connectivity index (χ3v) is 4.43. The van der Waals surface area contributed by atoms with Crippen LogP contribution in [0.2, 0.25) is 0 Å². The number of carbonyl (C=O) groups is 1. The van der Waals surface area contributed by atoms with Gasteiger partial charge in [-0.15, -0.1) is 0 Å². The van der Waals surface area contributed by atoms with Crippen molar-refractivity contribution in [3.63, 3.8) is 0 Å². The largest absolute Gasteiger partial charge is 0.299 e. The molecule has 0 saturated heterocycles. The molecule has 0 aliphatic heterocycles. The normalized spacial score (nSPS) is 13.5. The van der Waals surface area contributed by atoms with Gasteiger partial charge in [0.25, 0.3) is 0 Å². The van der Waals surface area contributed by atoms with Crippen molar-refractivity contribution in [2.75, 3.05) is 0 Å². The molecule has 1 rings (SSSR count). The molecular formula is C10H10F2O3S. The number of benzene rings is 1. The number of carbonyl (C=O) groups excluding carboxylic acids is 1. The van der Waals surface area contributed by atoms with E-state index in [2.05, 4.69) is 0 Å². The first-order valence-electron chi connectivity index (χ1n) is 4.46. The Morgan fingerprint density at radius 2 is 1.88 bits per heavy atom. The summed E-state index contributed by atoms with van der Waals surface area (Å²) in [5.41, 5.74) is 0. The molecule has 0 radical (unpaired) electrons. The lowest BCUT2D eigenvalue weighted by molar-refractivity contribution is -0.116. The van der Waals surface area contributed by atoms with E-state index in [1.807, 2.05) is 0 Å². The Hall–Kier alpha value is -1.30. The minimum absolute atomic E-state index is 0.574. The highest BCUT2D eigenvalue weighted by molar-refractivity contribution is 7.92. The average Bonchev–Trinajstić information content (AvgIpc) is 2.20. The van der Waals surface area contributed by atoms with E-state index in [0.29, 0.717) is 6.07 Å². The zero-order valence-corrected chi connectivity index (χ0v) is 9.51. The van der Waals surface area contributed by atoms with E-state index in [0.717, 1.165) is 26.0 Å². The minimum atomic E-state index is -4.16. The quantitative estimate of drug-likeness (QED) is 0.818. The SMILES string of the molecule is CC(=O)C(C)S(=O)(=O)c1cc(F)ccc1F. The summed E-state index contributed by atoms with van der Waals surface area (Å²) >= 11 is 0. The molecule has 0 saturated carbocycles. The molecule has 6 heteroatoms. The molecule has 0 N–H and O–H groups in total. The van der Waals surface area contributed by atoms with Gasteiger partial charge in [0, 0.05) is 0 Å². The van der Waals surface area contributed by atoms with Crippen LogP contribution in [0.4, 0.5) is 8.78 Å². The van der Waals surface area contributed by atoms with Crippen molar-refractivity contribution in [2.45, 2.75) is 24.0 Å². The van der Waals surface area contributed by atoms with Crippen LogP contribution in [0.15, 0.2) is 23.1 Å². The van der Waals surface area contributed by atoms with Crippen LogP contribution in [0.3, 0.4) is 0 Å². The van der Waals surface area contributed by atoms with E-state index in [1.54, 1.807) is 0 Å². The highest BCUT2D eigenvalue weighted by atomic mass is 32.2. The Morgan fingerprint density at radius 3 is 2.38 bits per heavy atom. The maximum Gasteiger partial charge on any atom is 0.191 e. The molecule has 0 heterocycles. The lowest BCUT2D eigenvalue weighted by Crippen LogP contribution is -2.26. The van der Waals surface area contributed by atoms with Crippen LogP contribution in [-0.4, -0.2) is 19.5 Å². The van der Waals surface area contributed by atoms with E-state index in [4.69, 9.17) is 0 Å². The molecule has 0 aliphatic carbocycles. The number of hydrogen-bond donors (Lipinski definition) is 0. The molecule has 1 aromatic carbocycles. The minimum Gasteiger partial charge on any atom is -0.299 e. The van der Waals surface area contributed by atoms with Crippen LogP contribution >= 0.6 is 0 Å². The summed E-state index contributed by atoms with van der Waals surface area (Å²) in [4.78, 5) is 10.2. The topological polar surface area (TPSA) is 51.2 Å². The van der Waals surface area contributed by atoms with Crippen LogP contribution in [0.1, 0.15) is 13.8 Å². The Morgan fingerprint density at radius 1 is 1.31 bits per heavy atom. The summed E-state index contributed by atoms with van der Waals surface area (Å²) < 4.78 is 49.5. The fraction of sp³-hybridized carbons (Fsp3) is 0.300. The van der Waals surface area contributed by atoms with Gasteiger partial charge in [-0.2, -0.15) is 0 Å².